The van der Waals surface area contributed by atoms with E-state index in [-0.39, 0.29) is 12.3 Å². The van der Waals surface area contributed by atoms with Crippen LogP contribution in [0.1, 0.15) is 21.9 Å². The molecular formula is C16H17NO4. The van der Waals surface area contributed by atoms with Gasteiger partial charge in [0.05, 0.1) is 5.92 Å². The lowest BCUT2D eigenvalue weighted by atomic mass is 9.99. The molecule has 0 bridgehead atoms. The Hall–Kier alpha value is -2.56. The van der Waals surface area contributed by atoms with Crippen molar-refractivity contribution in [3.8, 4) is 0 Å². The van der Waals surface area contributed by atoms with Crippen molar-refractivity contribution in [2.24, 2.45) is 5.92 Å². The zero-order valence-corrected chi connectivity index (χ0v) is 11.7. The summed E-state index contributed by atoms with van der Waals surface area (Å²) in [5.41, 5.74) is 0.924. The second-order valence-electron chi connectivity index (χ2n) is 4.85. The molecule has 1 amide bonds. The third-order valence-corrected chi connectivity index (χ3v) is 3.15. The molecule has 1 aromatic heterocycles. The molecule has 5 nitrogen and oxygen atoms in total. The van der Waals surface area contributed by atoms with Crippen molar-refractivity contribution in [1.82, 2.24) is 5.32 Å². The van der Waals surface area contributed by atoms with Crippen LogP contribution in [0, 0.1) is 12.8 Å². The molecule has 0 aliphatic heterocycles. The van der Waals surface area contributed by atoms with E-state index < -0.39 is 17.8 Å². The minimum Gasteiger partial charge on any atom is -0.481 e. The van der Waals surface area contributed by atoms with Crippen molar-refractivity contribution in [3.63, 3.8) is 0 Å². The van der Waals surface area contributed by atoms with Crippen molar-refractivity contribution in [2.45, 2.75) is 13.3 Å². The lowest BCUT2D eigenvalue weighted by molar-refractivity contribution is -0.141. The zero-order chi connectivity index (χ0) is 15.2. The number of nitrogens with one attached hydrogen (secondary N) is 1. The maximum Gasteiger partial charge on any atom is 0.308 e. The predicted octanol–water partition coefficient (Wildman–Crippen LogP) is 2.26. The van der Waals surface area contributed by atoms with Gasteiger partial charge in [0.25, 0.3) is 5.91 Å². The highest BCUT2D eigenvalue weighted by molar-refractivity contribution is 5.91. The Bertz CT molecular complexity index is 618. The van der Waals surface area contributed by atoms with Crippen LogP contribution in [0.4, 0.5) is 0 Å². The zero-order valence-electron chi connectivity index (χ0n) is 11.7. The Morgan fingerprint density at radius 1 is 1.19 bits per heavy atom. The van der Waals surface area contributed by atoms with Gasteiger partial charge in [-0.05, 0) is 31.0 Å². The third-order valence-electron chi connectivity index (χ3n) is 3.15. The Labute approximate surface area is 122 Å². The van der Waals surface area contributed by atoms with Crippen LogP contribution in [0.25, 0.3) is 0 Å². The first kappa shape index (κ1) is 14.8. The Morgan fingerprint density at radius 2 is 1.90 bits per heavy atom. The maximum absolute atomic E-state index is 11.8. The van der Waals surface area contributed by atoms with Crippen LogP contribution in [0.5, 0.6) is 0 Å². The molecule has 0 radical (unpaired) electrons. The first-order valence-electron chi connectivity index (χ1n) is 6.67. The monoisotopic (exact) mass is 287 g/mol. The van der Waals surface area contributed by atoms with E-state index in [0.717, 1.165) is 5.56 Å². The molecule has 1 heterocycles. The summed E-state index contributed by atoms with van der Waals surface area (Å²) in [6.07, 6.45) is 0.369. The van der Waals surface area contributed by atoms with Gasteiger partial charge >= 0.3 is 5.97 Å². The van der Waals surface area contributed by atoms with Gasteiger partial charge in [0.15, 0.2) is 5.76 Å². The number of rotatable bonds is 6. The average molecular weight is 287 g/mol. The Morgan fingerprint density at radius 3 is 2.48 bits per heavy atom. The van der Waals surface area contributed by atoms with Gasteiger partial charge in [-0.2, -0.15) is 0 Å². The topological polar surface area (TPSA) is 79.5 Å². The lowest BCUT2D eigenvalue weighted by Gasteiger charge is -2.13. The van der Waals surface area contributed by atoms with E-state index in [1.807, 2.05) is 30.3 Å². The maximum atomic E-state index is 11.8. The highest BCUT2D eigenvalue weighted by Crippen LogP contribution is 2.10. The molecule has 0 saturated carbocycles. The minimum atomic E-state index is -0.935. The number of hydrogen-bond donors (Lipinski definition) is 2. The van der Waals surface area contributed by atoms with Crippen LogP contribution >= 0.6 is 0 Å². The Kier molecular flexibility index (Phi) is 4.77. The molecule has 2 N–H and O–H groups in total. The van der Waals surface area contributed by atoms with Crippen molar-refractivity contribution in [3.05, 3.63) is 59.5 Å². The SMILES string of the molecule is Cc1ccc(C(=O)NCC(Cc2ccccc2)C(=O)O)o1. The fraction of sp³-hybridized carbons (Fsp3) is 0.250. The van der Waals surface area contributed by atoms with Gasteiger partial charge in [-0.1, -0.05) is 30.3 Å². The molecule has 1 atom stereocenters. The van der Waals surface area contributed by atoms with Crippen molar-refractivity contribution in [2.75, 3.05) is 6.54 Å². The van der Waals surface area contributed by atoms with E-state index >= 15 is 0 Å². The fourth-order valence-corrected chi connectivity index (χ4v) is 2.00. The minimum absolute atomic E-state index is 0.0583. The summed E-state index contributed by atoms with van der Waals surface area (Å²) in [4.78, 5) is 23.1. The van der Waals surface area contributed by atoms with E-state index in [1.54, 1.807) is 19.1 Å². The number of carbonyl (C=O) groups is 2. The molecule has 1 unspecified atom stereocenters. The second kappa shape index (κ2) is 6.74. The second-order valence-corrected chi connectivity index (χ2v) is 4.85. The summed E-state index contributed by atoms with van der Waals surface area (Å²) in [5, 5.41) is 11.8. The number of carboxylic acids is 1. The van der Waals surface area contributed by atoms with Crippen molar-refractivity contribution < 1.29 is 19.1 Å². The van der Waals surface area contributed by atoms with E-state index in [4.69, 9.17) is 4.42 Å². The molecule has 1 aromatic carbocycles. The molecule has 0 saturated heterocycles. The van der Waals surface area contributed by atoms with Crippen LogP contribution in [0.3, 0.4) is 0 Å². The molecule has 0 fully saturated rings. The molecule has 5 heteroatoms. The lowest BCUT2D eigenvalue weighted by Crippen LogP contribution is -2.33. The molecule has 2 aromatic rings. The van der Waals surface area contributed by atoms with Crippen molar-refractivity contribution >= 4 is 11.9 Å². The number of carbonyl (C=O) groups excluding carboxylic acids is 1. The van der Waals surface area contributed by atoms with Crippen molar-refractivity contribution in [1.29, 1.82) is 0 Å². The normalized spacial score (nSPS) is 11.9. The summed E-state index contributed by atoms with van der Waals surface area (Å²) >= 11 is 0. The summed E-state index contributed by atoms with van der Waals surface area (Å²) in [6.45, 7) is 1.80. The standard InChI is InChI=1S/C16H17NO4/c1-11-7-8-14(21-11)15(18)17-10-13(16(19)20)9-12-5-3-2-4-6-12/h2-8,13H,9-10H2,1H3,(H,17,18)(H,19,20). The Balaban J connectivity index is 1.94. The molecular weight excluding hydrogens is 270 g/mol. The summed E-state index contributed by atoms with van der Waals surface area (Å²) in [6, 6.07) is 12.6. The van der Waals surface area contributed by atoms with Gasteiger partial charge < -0.3 is 14.8 Å². The quantitative estimate of drug-likeness (QED) is 0.854. The van der Waals surface area contributed by atoms with Crippen LogP contribution in [0.15, 0.2) is 46.9 Å². The van der Waals surface area contributed by atoms with Gasteiger partial charge in [0.1, 0.15) is 5.76 Å². The van der Waals surface area contributed by atoms with Crippen LogP contribution in [0.2, 0.25) is 0 Å². The summed E-state index contributed by atoms with van der Waals surface area (Å²) < 4.78 is 5.20. The van der Waals surface area contributed by atoms with Crippen LogP contribution in [-0.4, -0.2) is 23.5 Å². The first-order valence-corrected chi connectivity index (χ1v) is 6.67. The third kappa shape index (κ3) is 4.21. The molecule has 0 spiro atoms. The van der Waals surface area contributed by atoms with Gasteiger partial charge in [0.2, 0.25) is 0 Å². The highest BCUT2D eigenvalue weighted by Gasteiger charge is 2.20. The highest BCUT2D eigenvalue weighted by atomic mass is 16.4. The number of amides is 1. The number of aryl methyl sites for hydroxylation is 1. The summed E-state index contributed by atoms with van der Waals surface area (Å²) in [7, 11) is 0. The fourth-order valence-electron chi connectivity index (χ4n) is 2.00. The number of aliphatic carboxylic acids is 1. The number of carboxylic acid groups (broad SMARTS) is 1. The van der Waals surface area contributed by atoms with Crippen LogP contribution < -0.4 is 5.32 Å². The largest absolute Gasteiger partial charge is 0.481 e. The molecule has 0 aliphatic rings. The number of hydrogen-bond acceptors (Lipinski definition) is 3. The van der Waals surface area contributed by atoms with Gasteiger partial charge in [-0.25, -0.2) is 0 Å². The van der Waals surface area contributed by atoms with E-state index in [1.165, 1.54) is 0 Å². The number of benzene rings is 1. The molecule has 110 valence electrons. The van der Waals surface area contributed by atoms with Gasteiger partial charge in [-0.3, -0.25) is 9.59 Å². The number of furan rings is 1. The molecule has 21 heavy (non-hydrogen) atoms. The van der Waals surface area contributed by atoms with E-state index in [2.05, 4.69) is 5.32 Å². The average Bonchev–Trinajstić information content (AvgIpc) is 2.90. The van der Waals surface area contributed by atoms with Gasteiger partial charge in [-0.15, -0.1) is 0 Å². The summed E-state index contributed by atoms with van der Waals surface area (Å²) in [5.74, 6) is -1.18. The predicted molar refractivity (Wildman–Crippen MR) is 77.1 cm³/mol. The van der Waals surface area contributed by atoms with E-state index in [0.29, 0.717) is 12.2 Å². The van der Waals surface area contributed by atoms with Gasteiger partial charge in [0, 0.05) is 6.54 Å². The molecule has 0 aliphatic carbocycles. The molecule has 2 rings (SSSR count). The van der Waals surface area contributed by atoms with E-state index in [9.17, 15) is 14.7 Å². The van der Waals surface area contributed by atoms with Crippen LogP contribution in [-0.2, 0) is 11.2 Å². The smallest absolute Gasteiger partial charge is 0.308 e. The first-order chi connectivity index (χ1) is 10.1.